The van der Waals surface area contributed by atoms with Gasteiger partial charge in [-0.1, -0.05) is 0 Å². The van der Waals surface area contributed by atoms with E-state index in [1.54, 1.807) is 29.2 Å². The first kappa shape index (κ1) is 17.3. The van der Waals surface area contributed by atoms with Crippen molar-refractivity contribution < 1.29 is 19.4 Å². The molecule has 2 amide bonds. The molecular formula is C19H17N3O4. The van der Waals surface area contributed by atoms with Crippen LogP contribution in [0.5, 0.6) is 11.5 Å². The molecule has 1 N–H and O–H groups in total. The molecule has 0 radical (unpaired) electrons. The van der Waals surface area contributed by atoms with Crippen molar-refractivity contribution in [3.05, 3.63) is 53.6 Å². The van der Waals surface area contributed by atoms with Gasteiger partial charge in [-0.15, -0.1) is 0 Å². The van der Waals surface area contributed by atoms with E-state index in [1.807, 2.05) is 6.07 Å². The van der Waals surface area contributed by atoms with E-state index < -0.39 is 0 Å². The molecular weight excluding hydrogens is 334 g/mol. The van der Waals surface area contributed by atoms with E-state index in [4.69, 9.17) is 10.00 Å². The molecule has 1 aliphatic rings. The molecule has 2 aromatic carbocycles. The fourth-order valence-corrected chi connectivity index (χ4v) is 2.83. The second-order valence-electron chi connectivity index (χ2n) is 5.82. The maximum atomic E-state index is 12.6. The number of nitrogens with zero attached hydrogens (tertiary/aromatic N) is 3. The Hall–Kier alpha value is -3.53. The standard InChI is InChI=1S/C19H17N3O4/c1-26-17-10-14(4-7-16(17)23)19(25)21-8-9-22(18(24)12-21)15-5-2-13(11-20)3-6-15/h2-7,10,23H,8-9,12H2,1H3. The highest BCUT2D eigenvalue weighted by Gasteiger charge is 2.29. The van der Waals surface area contributed by atoms with Gasteiger partial charge >= 0.3 is 0 Å². The van der Waals surface area contributed by atoms with Gasteiger partial charge in [0.1, 0.15) is 6.54 Å². The van der Waals surface area contributed by atoms with Crippen LogP contribution in [0.3, 0.4) is 0 Å². The number of carbonyl (C=O) groups excluding carboxylic acids is 2. The van der Waals surface area contributed by atoms with Crippen molar-refractivity contribution in [2.24, 2.45) is 0 Å². The second-order valence-corrected chi connectivity index (χ2v) is 5.82. The quantitative estimate of drug-likeness (QED) is 0.909. The summed E-state index contributed by atoms with van der Waals surface area (Å²) >= 11 is 0. The maximum Gasteiger partial charge on any atom is 0.254 e. The molecule has 0 aliphatic carbocycles. The summed E-state index contributed by atoms with van der Waals surface area (Å²) in [6.07, 6.45) is 0. The van der Waals surface area contributed by atoms with Gasteiger partial charge in [-0.05, 0) is 42.5 Å². The van der Waals surface area contributed by atoms with Gasteiger partial charge in [-0.2, -0.15) is 5.26 Å². The number of ether oxygens (including phenoxy) is 1. The molecule has 0 saturated carbocycles. The van der Waals surface area contributed by atoms with Gasteiger partial charge in [0.05, 0.1) is 18.7 Å². The molecule has 0 bridgehead atoms. The van der Waals surface area contributed by atoms with Crippen molar-refractivity contribution in [1.82, 2.24) is 4.90 Å². The summed E-state index contributed by atoms with van der Waals surface area (Å²) in [7, 11) is 1.41. The number of aromatic hydroxyl groups is 1. The first-order valence-electron chi connectivity index (χ1n) is 8.00. The van der Waals surface area contributed by atoms with Crippen LogP contribution >= 0.6 is 0 Å². The van der Waals surface area contributed by atoms with E-state index in [9.17, 15) is 14.7 Å². The minimum Gasteiger partial charge on any atom is -0.504 e. The van der Waals surface area contributed by atoms with Gasteiger partial charge in [0, 0.05) is 24.3 Å². The predicted octanol–water partition coefficient (Wildman–Crippen LogP) is 1.76. The number of hydrogen-bond donors (Lipinski definition) is 1. The molecule has 2 aromatic rings. The van der Waals surface area contributed by atoms with E-state index >= 15 is 0 Å². The lowest BCUT2D eigenvalue weighted by molar-refractivity contribution is -0.120. The van der Waals surface area contributed by atoms with Crippen molar-refractivity contribution in [3.8, 4) is 17.6 Å². The number of amides is 2. The number of phenolic OH excluding ortho intramolecular Hbond substituents is 1. The first-order chi connectivity index (χ1) is 12.5. The van der Waals surface area contributed by atoms with Gasteiger partial charge < -0.3 is 19.6 Å². The van der Waals surface area contributed by atoms with E-state index in [-0.39, 0.29) is 29.9 Å². The summed E-state index contributed by atoms with van der Waals surface area (Å²) < 4.78 is 5.02. The molecule has 26 heavy (non-hydrogen) atoms. The summed E-state index contributed by atoms with van der Waals surface area (Å²) in [4.78, 5) is 28.2. The average molecular weight is 351 g/mol. The van der Waals surface area contributed by atoms with Crippen LogP contribution in [0.1, 0.15) is 15.9 Å². The lowest BCUT2D eigenvalue weighted by Crippen LogP contribution is -2.52. The van der Waals surface area contributed by atoms with Crippen molar-refractivity contribution >= 4 is 17.5 Å². The van der Waals surface area contributed by atoms with Gasteiger partial charge in [0.25, 0.3) is 5.91 Å². The number of carbonyl (C=O) groups is 2. The average Bonchev–Trinajstić information content (AvgIpc) is 2.68. The normalized spacial score (nSPS) is 14.1. The number of phenols is 1. The lowest BCUT2D eigenvalue weighted by atomic mass is 10.1. The lowest BCUT2D eigenvalue weighted by Gasteiger charge is -2.34. The Bertz CT molecular complexity index is 887. The molecule has 7 nitrogen and oxygen atoms in total. The monoisotopic (exact) mass is 351 g/mol. The number of benzene rings is 2. The predicted molar refractivity (Wildman–Crippen MR) is 94.1 cm³/mol. The molecule has 0 atom stereocenters. The summed E-state index contributed by atoms with van der Waals surface area (Å²) in [5.74, 6) is -0.333. The van der Waals surface area contributed by atoms with E-state index in [2.05, 4.69) is 0 Å². The van der Waals surface area contributed by atoms with E-state index in [1.165, 1.54) is 30.2 Å². The Balaban J connectivity index is 1.72. The Morgan fingerprint density at radius 1 is 1.19 bits per heavy atom. The van der Waals surface area contributed by atoms with Crippen LogP contribution < -0.4 is 9.64 Å². The van der Waals surface area contributed by atoms with Crippen LogP contribution in [-0.4, -0.2) is 48.6 Å². The Labute approximate surface area is 150 Å². The number of rotatable bonds is 3. The molecule has 0 unspecified atom stereocenters. The largest absolute Gasteiger partial charge is 0.504 e. The van der Waals surface area contributed by atoms with Crippen molar-refractivity contribution in [3.63, 3.8) is 0 Å². The zero-order valence-electron chi connectivity index (χ0n) is 14.2. The van der Waals surface area contributed by atoms with Gasteiger partial charge in [-0.25, -0.2) is 0 Å². The fourth-order valence-electron chi connectivity index (χ4n) is 2.83. The van der Waals surface area contributed by atoms with Crippen molar-refractivity contribution in [2.75, 3.05) is 31.6 Å². The topological polar surface area (TPSA) is 93.9 Å². The Morgan fingerprint density at radius 3 is 2.54 bits per heavy atom. The molecule has 1 fully saturated rings. The fraction of sp³-hybridized carbons (Fsp3) is 0.211. The van der Waals surface area contributed by atoms with Gasteiger partial charge in [0.15, 0.2) is 11.5 Å². The summed E-state index contributed by atoms with van der Waals surface area (Å²) in [5.41, 5.74) is 1.57. The van der Waals surface area contributed by atoms with E-state index in [0.717, 1.165) is 0 Å². The van der Waals surface area contributed by atoms with Crippen LogP contribution in [0.15, 0.2) is 42.5 Å². The van der Waals surface area contributed by atoms with Crippen LogP contribution in [0.4, 0.5) is 5.69 Å². The van der Waals surface area contributed by atoms with Crippen molar-refractivity contribution in [2.45, 2.75) is 0 Å². The number of nitriles is 1. The number of piperazine rings is 1. The second kappa shape index (κ2) is 7.15. The number of hydrogen-bond acceptors (Lipinski definition) is 5. The van der Waals surface area contributed by atoms with Crippen LogP contribution in [-0.2, 0) is 4.79 Å². The molecule has 7 heteroatoms. The zero-order chi connectivity index (χ0) is 18.7. The number of anilines is 1. The minimum atomic E-state index is -0.295. The maximum absolute atomic E-state index is 12.6. The molecule has 1 aliphatic heterocycles. The first-order valence-corrected chi connectivity index (χ1v) is 8.00. The van der Waals surface area contributed by atoms with Gasteiger partial charge in [0.2, 0.25) is 5.91 Å². The minimum absolute atomic E-state index is 0.0397. The highest BCUT2D eigenvalue weighted by Crippen LogP contribution is 2.27. The van der Waals surface area contributed by atoms with Crippen LogP contribution in [0, 0.1) is 11.3 Å². The zero-order valence-corrected chi connectivity index (χ0v) is 14.2. The Kier molecular flexibility index (Phi) is 4.76. The molecule has 132 valence electrons. The summed E-state index contributed by atoms with van der Waals surface area (Å²) in [6.45, 7) is 0.710. The van der Waals surface area contributed by atoms with Gasteiger partial charge in [-0.3, -0.25) is 9.59 Å². The Morgan fingerprint density at radius 2 is 1.92 bits per heavy atom. The highest BCUT2D eigenvalue weighted by molar-refractivity contribution is 6.02. The molecule has 3 rings (SSSR count). The van der Waals surface area contributed by atoms with Crippen molar-refractivity contribution in [1.29, 1.82) is 5.26 Å². The third-order valence-electron chi connectivity index (χ3n) is 4.24. The van der Waals surface area contributed by atoms with E-state index in [0.29, 0.717) is 29.9 Å². The number of methoxy groups -OCH3 is 1. The summed E-state index contributed by atoms with van der Waals surface area (Å²) in [5, 5.41) is 18.5. The van der Waals surface area contributed by atoms with Crippen LogP contribution in [0.2, 0.25) is 0 Å². The molecule has 1 saturated heterocycles. The highest BCUT2D eigenvalue weighted by atomic mass is 16.5. The molecule has 1 heterocycles. The third-order valence-corrected chi connectivity index (χ3v) is 4.24. The third kappa shape index (κ3) is 3.30. The SMILES string of the molecule is COc1cc(C(=O)N2CCN(c3ccc(C#N)cc3)C(=O)C2)ccc1O. The molecule has 0 spiro atoms. The van der Waals surface area contributed by atoms with Crippen LogP contribution in [0.25, 0.3) is 0 Å². The smallest absolute Gasteiger partial charge is 0.254 e. The summed E-state index contributed by atoms with van der Waals surface area (Å²) in [6, 6.07) is 13.1. The molecule has 0 aromatic heterocycles.